The van der Waals surface area contributed by atoms with Gasteiger partial charge in [0.15, 0.2) is 5.78 Å². The number of rotatable bonds is 11. The van der Waals surface area contributed by atoms with Crippen molar-refractivity contribution in [2.24, 2.45) is 10.9 Å². The van der Waals surface area contributed by atoms with Gasteiger partial charge in [0, 0.05) is 5.71 Å². The van der Waals surface area contributed by atoms with E-state index in [1.54, 1.807) is 0 Å². The average molecular weight is 329 g/mol. The minimum atomic E-state index is 0.0208. The third-order valence-electron chi connectivity index (χ3n) is 4.15. The second kappa shape index (κ2) is 10.8. The van der Waals surface area contributed by atoms with Gasteiger partial charge in [-0.25, -0.2) is 0 Å². The summed E-state index contributed by atoms with van der Waals surface area (Å²) in [6.07, 6.45) is 7.76. The molecule has 1 aromatic carbocycles. The first-order valence-corrected chi connectivity index (χ1v) is 8.84. The van der Waals surface area contributed by atoms with Crippen LogP contribution in [0.25, 0.3) is 0 Å². The van der Waals surface area contributed by atoms with Gasteiger partial charge in [-0.3, -0.25) is 9.79 Å². The lowest BCUT2D eigenvalue weighted by molar-refractivity contribution is -0.118. The molecule has 0 amide bonds. The molecule has 0 fully saturated rings. The van der Waals surface area contributed by atoms with E-state index in [0.29, 0.717) is 0 Å². The number of benzene rings is 1. The average Bonchev–Trinajstić information content (AvgIpc) is 2.54. The van der Waals surface area contributed by atoms with Gasteiger partial charge < -0.3 is 4.74 Å². The van der Waals surface area contributed by atoms with E-state index in [4.69, 9.17) is 9.73 Å². The van der Waals surface area contributed by atoms with E-state index in [-0.39, 0.29) is 12.4 Å². The fourth-order valence-corrected chi connectivity index (χ4v) is 2.66. The quantitative estimate of drug-likeness (QED) is 0.378. The van der Waals surface area contributed by atoms with Gasteiger partial charge in [0.1, 0.15) is 12.4 Å². The lowest BCUT2D eigenvalue weighted by atomic mass is 9.95. The molecule has 0 heterocycles. The van der Waals surface area contributed by atoms with Crippen LogP contribution in [0, 0.1) is 12.8 Å². The molecule has 0 saturated carbocycles. The van der Waals surface area contributed by atoms with E-state index in [0.717, 1.165) is 41.5 Å². The summed E-state index contributed by atoms with van der Waals surface area (Å²) in [7, 11) is 0. The highest BCUT2D eigenvalue weighted by atomic mass is 16.5. The molecule has 0 aromatic heterocycles. The van der Waals surface area contributed by atoms with Crippen molar-refractivity contribution in [1.29, 1.82) is 0 Å². The normalized spacial score (nSPS) is 12.8. The number of aliphatic imine (C=N–C) groups is 1. The molecular formula is C21H31NO2. The van der Waals surface area contributed by atoms with Crippen LogP contribution in [0.2, 0.25) is 0 Å². The Balaban J connectivity index is 2.57. The van der Waals surface area contributed by atoms with E-state index in [1.807, 2.05) is 31.2 Å². The van der Waals surface area contributed by atoms with Crippen molar-refractivity contribution < 1.29 is 9.53 Å². The molecular weight excluding hydrogens is 298 g/mol. The van der Waals surface area contributed by atoms with Crippen LogP contribution in [0.15, 0.2) is 35.8 Å². The lowest BCUT2D eigenvalue weighted by Crippen LogP contribution is -2.06. The van der Waals surface area contributed by atoms with Crippen LogP contribution < -0.4 is 4.74 Å². The first-order chi connectivity index (χ1) is 11.5. The predicted molar refractivity (Wildman–Crippen MR) is 103 cm³/mol. The van der Waals surface area contributed by atoms with Crippen molar-refractivity contribution >= 4 is 17.2 Å². The molecule has 0 aliphatic carbocycles. The maximum absolute atomic E-state index is 11.0. The molecule has 0 radical (unpaired) electrons. The Morgan fingerprint density at radius 2 is 2.12 bits per heavy atom. The van der Waals surface area contributed by atoms with Crippen molar-refractivity contribution in [1.82, 2.24) is 0 Å². The van der Waals surface area contributed by atoms with Crippen LogP contribution in [0.1, 0.15) is 58.4 Å². The van der Waals surface area contributed by atoms with Crippen LogP contribution in [0.4, 0.5) is 5.69 Å². The molecule has 24 heavy (non-hydrogen) atoms. The first kappa shape index (κ1) is 20.1. The fraction of sp³-hybridized carbons (Fsp3) is 0.524. The zero-order chi connectivity index (χ0) is 17.9. The number of ketones is 1. The van der Waals surface area contributed by atoms with E-state index in [2.05, 4.69) is 20.4 Å². The molecule has 3 heteroatoms. The standard InChI is InChI=1S/C21H31NO2/c1-6-9-19(7-2)11-8-10-17(4)22-21-13-12-20(14-16(21)3)24-15-18(5)23/h6,12-14,19H,1,7-11,15H2,2-5H3. The molecule has 0 aliphatic rings. The highest BCUT2D eigenvalue weighted by Gasteiger charge is 2.05. The Hall–Kier alpha value is -1.90. The zero-order valence-electron chi connectivity index (χ0n) is 15.6. The zero-order valence-corrected chi connectivity index (χ0v) is 15.6. The molecule has 0 saturated heterocycles. The number of hydrogen-bond donors (Lipinski definition) is 0. The summed E-state index contributed by atoms with van der Waals surface area (Å²) in [5.41, 5.74) is 3.19. The topological polar surface area (TPSA) is 38.7 Å². The maximum Gasteiger partial charge on any atom is 0.167 e. The number of ether oxygens (including phenoxy) is 1. The Morgan fingerprint density at radius 3 is 2.71 bits per heavy atom. The van der Waals surface area contributed by atoms with E-state index in [9.17, 15) is 4.79 Å². The number of Topliss-reactive ketones (excluding diaryl/α,β-unsaturated/α-hetero) is 1. The van der Waals surface area contributed by atoms with Gasteiger partial charge in [0.05, 0.1) is 5.69 Å². The van der Waals surface area contributed by atoms with E-state index >= 15 is 0 Å². The predicted octanol–water partition coefficient (Wildman–Crippen LogP) is 5.83. The molecule has 1 unspecified atom stereocenters. The Bertz CT molecular complexity index is 575. The Labute approximate surface area is 146 Å². The van der Waals surface area contributed by atoms with Crippen LogP contribution in [0.3, 0.4) is 0 Å². The second-order valence-electron chi connectivity index (χ2n) is 6.48. The molecule has 0 aliphatic heterocycles. The molecule has 1 rings (SSSR count). The van der Waals surface area contributed by atoms with E-state index < -0.39 is 0 Å². The molecule has 0 N–H and O–H groups in total. The summed E-state index contributed by atoms with van der Waals surface area (Å²) >= 11 is 0. The van der Waals surface area contributed by atoms with Crippen molar-refractivity contribution in [2.75, 3.05) is 6.61 Å². The van der Waals surface area contributed by atoms with Crippen molar-refractivity contribution in [3.8, 4) is 5.75 Å². The van der Waals surface area contributed by atoms with Gasteiger partial charge >= 0.3 is 0 Å². The minimum absolute atomic E-state index is 0.0208. The van der Waals surface area contributed by atoms with Gasteiger partial charge in [-0.15, -0.1) is 6.58 Å². The summed E-state index contributed by atoms with van der Waals surface area (Å²) in [6.45, 7) is 11.8. The van der Waals surface area contributed by atoms with Gasteiger partial charge in [-0.1, -0.05) is 19.4 Å². The number of aryl methyl sites for hydroxylation is 1. The largest absolute Gasteiger partial charge is 0.486 e. The summed E-state index contributed by atoms with van der Waals surface area (Å²) < 4.78 is 5.43. The van der Waals surface area contributed by atoms with Crippen LogP contribution in [-0.4, -0.2) is 18.1 Å². The molecule has 132 valence electrons. The highest BCUT2D eigenvalue weighted by Crippen LogP contribution is 2.25. The minimum Gasteiger partial charge on any atom is -0.486 e. The number of carbonyl (C=O) groups is 1. The molecule has 1 atom stereocenters. The SMILES string of the molecule is C=CCC(CC)CCCC(C)=Nc1ccc(OCC(C)=O)cc1C. The Kier molecular flexibility index (Phi) is 9.06. The van der Waals surface area contributed by atoms with Crippen LogP contribution in [-0.2, 0) is 4.79 Å². The summed E-state index contributed by atoms with van der Waals surface area (Å²) in [5.74, 6) is 1.48. The second-order valence-corrected chi connectivity index (χ2v) is 6.48. The number of nitrogens with zero attached hydrogens (tertiary/aromatic N) is 1. The van der Waals surface area contributed by atoms with Gasteiger partial charge in [-0.05, 0) is 76.1 Å². The fourth-order valence-electron chi connectivity index (χ4n) is 2.66. The molecule has 0 spiro atoms. The van der Waals surface area contributed by atoms with Crippen molar-refractivity contribution in [3.05, 3.63) is 36.4 Å². The van der Waals surface area contributed by atoms with Crippen LogP contribution in [0.5, 0.6) is 5.75 Å². The third kappa shape index (κ3) is 7.58. The van der Waals surface area contributed by atoms with E-state index in [1.165, 1.54) is 26.2 Å². The monoisotopic (exact) mass is 329 g/mol. The third-order valence-corrected chi connectivity index (χ3v) is 4.15. The smallest absolute Gasteiger partial charge is 0.167 e. The molecule has 0 bridgehead atoms. The molecule has 1 aromatic rings. The first-order valence-electron chi connectivity index (χ1n) is 8.84. The number of carbonyl (C=O) groups excluding carboxylic acids is 1. The summed E-state index contributed by atoms with van der Waals surface area (Å²) in [5, 5.41) is 0. The number of allylic oxidation sites excluding steroid dienone is 1. The van der Waals surface area contributed by atoms with Crippen molar-refractivity contribution in [2.45, 2.75) is 59.8 Å². The van der Waals surface area contributed by atoms with Gasteiger partial charge in [0.25, 0.3) is 0 Å². The van der Waals surface area contributed by atoms with Crippen LogP contribution >= 0.6 is 0 Å². The molecule has 3 nitrogen and oxygen atoms in total. The maximum atomic E-state index is 11.0. The van der Waals surface area contributed by atoms with Crippen molar-refractivity contribution in [3.63, 3.8) is 0 Å². The Morgan fingerprint density at radius 1 is 1.38 bits per heavy atom. The summed E-state index contributed by atoms with van der Waals surface area (Å²) in [4.78, 5) is 15.7. The summed E-state index contributed by atoms with van der Waals surface area (Å²) in [6, 6.07) is 5.77. The highest BCUT2D eigenvalue weighted by molar-refractivity contribution is 5.85. The van der Waals surface area contributed by atoms with Gasteiger partial charge in [0.2, 0.25) is 0 Å². The lowest BCUT2D eigenvalue weighted by Gasteiger charge is -2.12. The van der Waals surface area contributed by atoms with Gasteiger partial charge in [-0.2, -0.15) is 0 Å². The number of hydrogen-bond acceptors (Lipinski definition) is 3.